The minimum Gasteiger partial charge on any atom is -0.287 e. The van der Waals surface area contributed by atoms with Crippen molar-refractivity contribution in [2.45, 2.75) is 18.9 Å². The lowest BCUT2D eigenvalue weighted by Gasteiger charge is -2.30. The van der Waals surface area contributed by atoms with E-state index in [0.29, 0.717) is 17.5 Å². The van der Waals surface area contributed by atoms with Crippen LogP contribution in [0.15, 0.2) is 67.3 Å². The van der Waals surface area contributed by atoms with Crippen LogP contribution in [0.2, 0.25) is 0 Å². The van der Waals surface area contributed by atoms with Gasteiger partial charge in [-0.15, -0.1) is 6.58 Å². The second-order valence-electron chi connectivity index (χ2n) is 5.58. The van der Waals surface area contributed by atoms with Gasteiger partial charge in [0, 0.05) is 17.7 Å². The molecule has 6 nitrogen and oxygen atoms in total. The molecule has 2 N–H and O–H groups in total. The van der Waals surface area contributed by atoms with E-state index >= 15 is 0 Å². The number of hydrazine groups is 1. The number of nitro groups is 1. The van der Waals surface area contributed by atoms with Crippen molar-refractivity contribution in [3.05, 3.63) is 88.5 Å². The molecule has 2 aromatic rings. The number of carbonyl (C=O) groups is 1. The van der Waals surface area contributed by atoms with E-state index in [1.54, 1.807) is 42.5 Å². The van der Waals surface area contributed by atoms with Gasteiger partial charge < -0.3 is 0 Å². The fourth-order valence-corrected chi connectivity index (χ4v) is 2.35. The highest BCUT2D eigenvalue weighted by Gasteiger charge is 2.27. The average molecular weight is 325 g/mol. The van der Waals surface area contributed by atoms with Crippen LogP contribution in [0.4, 0.5) is 5.69 Å². The minimum atomic E-state index is -0.724. The molecule has 0 radical (unpaired) electrons. The number of nitrogens with one attached hydrogen (secondary N) is 2. The third kappa shape index (κ3) is 4.05. The maximum atomic E-state index is 12.2. The summed E-state index contributed by atoms with van der Waals surface area (Å²) in [5, 5.41) is 11.0. The number of carbonyl (C=O) groups excluding carboxylic acids is 1. The van der Waals surface area contributed by atoms with E-state index in [1.165, 1.54) is 12.1 Å². The first-order valence-corrected chi connectivity index (χ1v) is 7.44. The van der Waals surface area contributed by atoms with E-state index in [-0.39, 0.29) is 11.6 Å². The number of rotatable bonds is 7. The first-order valence-electron chi connectivity index (χ1n) is 7.44. The SMILES string of the molecule is C=CC[C@@](C)(NNC(=O)c1ccccc1)c1cccc([N+](=O)[O-])c1. The molecule has 0 fully saturated rings. The Morgan fingerprint density at radius 2 is 1.96 bits per heavy atom. The number of hydrogen-bond acceptors (Lipinski definition) is 4. The van der Waals surface area contributed by atoms with Crippen LogP contribution in [0.25, 0.3) is 0 Å². The molecule has 2 aromatic carbocycles. The van der Waals surface area contributed by atoms with E-state index in [2.05, 4.69) is 17.4 Å². The quantitative estimate of drug-likeness (QED) is 0.464. The zero-order chi connectivity index (χ0) is 17.6. The van der Waals surface area contributed by atoms with Crippen molar-refractivity contribution in [1.82, 2.24) is 10.9 Å². The van der Waals surface area contributed by atoms with Gasteiger partial charge in [-0.2, -0.15) is 0 Å². The van der Waals surface area contributed by atoms with Gasteiger partial charge in [0.15, 0.2) is 0 Å². The molecule has 0 aromatic heterocycles. The summed E-state index contributed by atoms with van der Waals surface area (Å²) < 4.78 is 0. The molecule has 24 heavy (non-hydrogen) atoms. The second kappa shape index (κ2) is 7.52. The predicted octanol–water partition coefficient (Wildman–Crippen LogP) is 3.32. The van der Waals surface area contributed by atoms with Crippen LogP contribution in [0.1, 0.15) is 29.3 Å². The summed E-state index contributed by atoms with van der Waals surface area (Å²) in [5.74, 6) is -0.281. The second-order valence-corrected chi connectivity index (χ2v) is 5.58. The molecule has 0 saturated heterocycles. The molecule has 6 heteroatoms. The first-order chi connectivity index (χ1) is 11.5. The summed E-state index contributed by atoms with van der Waals surface area (Å²) in [7, 11) is 0. The molecule has 0 aliphatic carbocycles. The summed E-state index contributed by atoms with van der Waals surface area (Å²) in [6, 6.07) is 15.1. The zero-order valence-electron chi connectivity index (χ0n) is 13.4. The van der Waals surface area contributed by atoms with Gasteiger partial charge >= 0.3 is 0 Å². The molecule has 1 atom stereocenters. The molecule has 0 bridgehead atoms. The van der Waals surface area contributed by atoms with Crippen LogP contribution >= 0.6 is 0 Å². The molecule has 0 heterocycles. The number of nitro benzene ring substituents is 1. The molecule has 124 valence electrons. The third-order valence-electron chi connectivity index (χ3n) is 3.73. The summed E-state index contributed by atoms with van der Waals surface area (Å²) >= 11 is 0. The van der Waals surface area contributed by atoms with Crippen molar-refractivity contribution in [3.63, 3.8) is 0 Å². The van der Waals surface area contributed by atoms with Gasteiger partial charge in [0.2, 0.25) is 0 Å². The monoisotopic (exact) mass is 325 g/mol. The third-order valence-corrected chi connectivity index (χ3v) is 3.73. The van der Waals surface area contributed by atoms with Crippen LogP contribution in [-0.4, -0.2) is 10.8 Å². The fraction of sp³-hybridized carbons (Fsp3) is 0.167. The largest absolute Gasteiger partial charge is 0.287 e. The Morgan fingerprint density at radius 3 is 2.58 bits per heavy atom. The molecule has 2 rings (SSSR count). The van der Waals surface area contributed by atoms with Crippen LogP contribution in [0, 0.1) is 10.1 Å². The molecule has 1 amide bonds. The Labute approximate surface area is 140 Å². The van der Waals surface area contributed by atoms with Gasteiger partial charge in [-0.1, -0.05) is 36.4 Å². The van der Waals surface area contributed by atoms with E-state index in [9.17, 15) is 14.9 Å². The van der Waals surface area contributed by atoms with Gasteiger partial charge in [-0.3, -0.25) is 20.3 Å². The molecule has 0 saturated carbocycles. The van der Waals surface area contributed by atoms with Gasteiger partial charge in [-0.05, 0) is 31.0 Å². The summed E-state index contributed by atoms with van der Waals surface area (Å²) in [6.45, 7) is 5.57. The number of nitrogens with zero attached hydrogens (tertiary/aromatic N) is 1. The van der Waals surface area contributed by atoms with Crippen LogP contribution in [-0.2, 0) is 5.54 Å². The number of amides is 1. The van der Waals surface area contributed by atoms with Crippen molar-refractivity contribution < 1.29 is 9.72 Å². The standard InChI is InChI=1S/C18H19N3O3/c1-3-12-18(2,15-10-7-11-16(13-15)21(23)24)20-19-17(22)14-8-5-4-6-9-14/h3-11,13,20H,1,12H2,2H3,(H,19,22)/t18-/m1/s1. The Morgan fingerprint density at radius 1 is 1.25 bits per heavy atom. The highest BCUT2D eigenvalue weighted by atomic mass is 16.6. The van der Waals surface area contributed by atoms with Crippen LogP contribution in [0.5, 0.6) is 0 Å². The van der Waals surface area contributed by atoms with E-state index in [1.807, 2.05) is 13.0 Å². The van der Waals surface area contributed by atoms with Gasteiger partial charge in [0.25, 0.3) is 11.6 Å². The highest BCUT2D eigenvalue weighted by Crippen LogP contribution is 2.27. The molecule has 0 spiro atoms. The maximum Gasteiger partial charge on any atom is 0.269 e. The lowest BCUT2D eigenvalue weighted by molar-refractivity contribution is -0.385. The minimum absolute atomic E-state index is 0.000951. The lowest BCUT2D eigenvalue weighted by atomic mass is 9.89. The Bertz CT molecular complexity index is 746. The van der Waals surface area contributed by atoms with E-state index in [4.69, 9.17) is 0 Å². The van der Waals surface area contributed by atoms with Crippen molar-refractivity contribution in [2.24, 2.45) is 0 Å². The topological polar surface area (TPSA) is 84.3 Å². The van der Waals surface area contributed by atoms with Gasteiger partial charge in [0.05, 0.1) is 10.5 Å². The Kier molecular flexibility index (Phi) is 5.44. The smallest absolute Gasteiger partial charge is 0.269 e. The molecular weight excluding hydrogens is 306 g/mol. The fourth-order valence-electron chi connectivity index (χ4n) is 2.35. The van der Waals surface area contributed by atoms with Crippen molar-refractivity contribution >= 4 is 11.6 Å². The summed E-state index contributed by atoms with van der Waals surface area (Å²) in [4.78, 5) is 22.7. The zero-order valence-corrected chi connectivity index (χ0v) is 13.4. The van der Waals surface area contributed by atoms with Gasteiger partial charge in [-0.25, -0.2) is 5.43 Å². The van der Waals surface area contributed by atoms with Gasteiger partial charge in [0.1, 0.15) is 0 Å². The predicted molar refractivity (Wildman–Crippen MR) is 92.3 cm³/mol. The van der Waals surface area contributed by atoms with Crippen molar-refractivity contribution in [2.75, 3.05) is 0 Å². The normalized spacial score (nSPS) is 12.9. The average Bonchev–Trinajstić information content (AvgIpc) is 2.61. The Balaban J connectivity index is 2.21. The first kappa shape index (κ1) is 17.4. The highest BCUT2D eigenvalue weighted by molar-refractivity contribution is 5.93. The van der Waals surface area contributed by atoms with Crippen LogP contribution in [0.3, 0.4) is 0 Å². The summed E-state index contributed by atoms with van der Waals surface area (Å²) in [6.07, 6.45) is 2.17. The molecule has 0 unspecified atom stereocenters. The number of hydrogen-bond donors (Lipinski definition) is 2. The van der Waals surface area contributed by atoms with Crippen molar-refractivity contribution in [3.8, 4) is 0 Å². The van der Waals surface area contributed by atoms with Crippen LogP contribution < -0.4 is 10.9 Å². The van der Waals surface area contributed by atoms with E-state index < -0.39 is 10.5 Å². The van der Waals surface area contributed by atoms with Crippen molar-refractivity contribution in [1.29, 1.82) is 0 Å². The lowest BCUT2D eigenvalue weighted by Crippen LogP contribution is -2.50. The van der Waals surface area contributed by atoms with E-state index in [0.717, 1.165) is 0 Å². The Hall–Kier alpha value is -2.99. The molecular formula is C18H19N3O3. The summed E-state index contributed by atoms with van der Waals surface area (Å²) in [5.41, 5.74) is 6.13. The maximum absolute atomic E-state index is 12.2. The number of benzene rings is 2. The molecule has 0 aliphatic rings. The number of non-ortho nitro benzene ring substituents is 1. The molecule has 0 aliphatic heterocycles.